The topological polar surface area (TPSA) is 26.3 Å². The summed E-state index contributed by atoms with van der Waals surface area (Å²) in [6.07, 6.45) is 7.69. The highest BCUT2D eigenvalue weighted by molar-refractivity contribution is 6.69. The number of aldehydes is 1. The van der Waals surface area contributed by atoms with E-state index in [4.69, 9.17) is 4.43 Å². The fourth-order valence-corrected chi connectivity index (χ4v) is 3.80. The zero-order chi connectivity index (χ0) is 12.2. The summed E-state index contributed by atoms with van der Waals surface area (Å²) >= 11 is 0. The van der Waals surface area contributed by atoms with Gasteiger partial charge in [0.15, 0.2) is 8.32 Å². The quantitative estimate of drug-likeness (QED) is 0.543. The molecule has 16 heavy (non-hydrogen) atoms. The first-order valence-corrected chi connectivity index (χ1v) is 9.98. The average Bonchev–Trinajstić information content (AvgIpc) is 2.25. The molecule has 0 spiro atoms. The maximum atomic E-state index is 11.0. The lowest BCUT2D eigenvalue weighted by molar-refractivity contribution is -0.114. The van der Waals surface area contributed by atoms with Crippen molar-refractivity contribution in [3.8, 4) is 0 Å². The Morgan fingerprint density at radius 1 is 1.19 bits per heavy atom. The van der Waals surface area contributed by atoms with Gasteiger partial charge in [0.25, 0.3) is 0 Å². The summed E-state index contributed by atoms with van der Waals surface area (Å²) < 4.78 is 6.24. The normalized spacial score (nSPS) is 22.8. The van der Waals surface area contributed by atoms with Gasteiger partial charge in [0.1, 0.15) is 6.29 Å². The highest BCUT2D eigenvalue weighted by atomic mass is 28.4. The average molecular weight is 242 g/mol. The minimum absolute atomic E-state index is 0.0508. The van der Waals surface area contributed by atoms with Crippen LogP contribution in [-0.2, 0) is 9.22 Å². The molecule has 0 heterocycles. The van der Waals surface area contributed by atoms with E-state index < -0.39 is 8.32 Å². The molecule has 0 N–H and O–H groups in total. The van der Waals surface area contributed by atoms with E-state index in [1.54, 1.807) is 0 Å². The van der Waals surface area contributed by atoms with Crippen LogP contribution in [0.1, 0.15) is 39.0 Å². The van der Waals surface area contributed by atoms with Crippen molar-refractivity contribution in [3.05, 3.63) is 0 Å². The van der Waals surface area contributed by atoms with Gasteiger partial charge in [-0.3, -0.25) is 0 Å². The molecule has 1 fully saturated rings. The van der Waals surface area contributed by atoms with E-state index in [9.17, 15) is 4.79 Å². The van der Waals surface area contributed by atoms with Gasteiger partial charge in [-0.15, -0.1) is 0 Å². The van der Waals surface area contributed by atoms with Gasteiger partial charge in [-0.25, -0.2) is 0 Å². The predicted octanol–water partition coefficient (Wildman–Crippen LogP) is 3.62. The lowest BCUT2D eigenvalue weighted by Crippen LogP contribution is -2.41. The van der Waals surface area contributed by atoms with Crippen LogP contribution in [0.25, 0.3) is 0 Å². The Bertz CT molecular complexity index is 216. The first-order valence-electron chi connectivity index (χ1n) is 6.57. The molecule has 1 aliphatic carbocycles. The minimum Gasteiger partial charge on any atom is -0.414 e. The fourth-order valence-electron chi connectivity index (χ4n) is 2.58. The predicted molar refractivity (Wildman–Crippen MR) is 70.0 cm³/mol. The minimum atomic E-state index is -1.54. The largest absolute Gasteiger partial charge is 0.414 e. The molecule has 0 radical (unpaired) electrons. The highest BCUT2D eigenvalue weighted by Gasteiger charge is 2.32. The van der Waals surface area contributed by atoms with Crippen molar-refractivity contribution in [2.75, 3.05) is 0 Å². The molecule has 0 aliphatic heterocycles. The summed E-state index contributed by atoms with van der Waals surface area (Å²) in [7, 11) is -1.54. The first kappa shape index (κ1) is 13.9. The molecule has 0 aromatic rings. The number of hydrogen-bond acceptors (Lipinski definition) is 2. The van der Waals surface area contributed by atoms with E-state index in [1.165, 1.54) is 32.1 Å². The molecule has 0 bridgehead atoms. The maximum absolute atomic E-state index is 11.0. The van der Waals surface area contributed by atoms with Gasteiger partial charge in [-0.1, -0.05) is 26.2 Å². The number of hydrogen-bond donors (Lipinski definition) is 0. The van der Waals surface area contributed by atoms with Gasteiger partial charge < -0.3 is 9.22 Å². The zero-order valence-electron chi connectivity index (χ0n) is 11.2. The van der Waals surface area contributed by atoms with Crippen LogP contribution >= 0.6 is 0 Å². The van der Waals surface area contributed by atoms with Crippen molar-refractivity contribution in [3.63, 3.8) is 0 Å². The van der Waals surface area contributed by atoms with E-state index in [0.29, 0.717) is 5.92 Å². The first-order chi connectivity index (χ1) is 7.44. The third-order valence-corrected chi connectivity index (χ3v) is 4.32. The van der Waals surface area contributed by atoms with Crippen molar-refractivity contribution in [2.24, 2.45) is 11.8 Å². The number of carbonyl (C=O) groups excluding carboxylic acids is 1. The molecular weight excluding hydrogens is 216 g/mol. The second-order valence-electron chi connectivity index (χ2n) is 6.09. The van der Waals surface area contributed by atoms with Crippen LogP contribution in [-0.4, -0.2) is 20.7 Å². The Morgan fingerprint density at radius 3 is 2.19 bits per heavy atom. The fraction of sp³-hybridized carbons (Fsp3) is 0.923. The van der Waals surface area contributed by atoms with Crippen molar-refractivity contribution in [1.29, 1.82) is 0 Å². The van der Waals surface area contributed by atoms with E-state index in [0.717, 1.165) is 6.29 Å². The third kappa shape index (κ3) is 4.38. The number of carbonyl (C=O) groups is 1. The van der Waals surface area contributed by atoms with Crippen molar-refractivity contribution < 1.29 is 9.22 Å². The van der Waals surface area contributed by atoms with E-state index in [-0.39, 0.29) is 12.0 Å². The van der Waals surface area contributed by atoms with E-state index in [1.807, 2.05) is 6.92 Å². The lowest BCUT2D eigenvalue weighted by atomic mass is 9.81. The van der Waals surface area contributed by atoms with Crippen LogP contribution < -0.4 is 0 Å². The second-order valence-corrected chi connectivity index (χ2v) is 10.5. The van der Waals surface area contributed by atoms with Crippen LogP contribution in [0.4, 0.5) is 0 Å². The van der Waals surface area contributed by atoms with Gasteiger partial charge in [-0.2, -0.15) is 0 Å². The molecule has 0 amide bonds. The molecule has 0 saturated heterocycles. The molecule has 3 heteroatoms. The maximum Gasteiger partial charge on any atom is 0.184 e. The number of rotatable bonds is 5. The SMILES string of the molecule is C[C@@H](C=O)[C@H](O[Si](C)(C)C)C1CCCCC1. The third-order valence-electron chi connectivity index (χ3n) is 3.34. The smallest absolute Gasteiger partial charge is 0.184 e. The van der Waals surface area contributed by atoms with Crippen LogP contribution in [0.3, 0.4) is 0 Å². The van der Waals surface area contributed by atoms with Crippen LogP contribution in [0.5, 0.6) is 0 Å². The van der Waals surface area contributed by atoms with Crippen LogP contribution in [0.15, 0.2) is 0 Å². The van der Waals surface area contributed by atoms with Crippen molar-refractivity contribution >= 4 is 14.6 Å². The molecule has 1 saturated carbocycles. The molecule has 2 nitrogen and oxygen atoms in total. The molecule has 0 unspecified atom stereocenters. The zero-order valence-corrected chi connectivity index (χ0v) is 12.2. The Balaban J connectivity index is 2.65. The van der Waals surface area contributed by atoms with Gasteiger partial charge in [-0.05, 0) is 38.4 Å². The summed E-state index contributed by atoms with van der Waals surface area (Å²) in [4.78, 5) is 11.0. The van der Waals surface area contributed by atoms with Gasteiger partial charge >= 0.3 is 0 Å². The summed E-state index contributed by atoms with van der Waals surface area (Å²) in [5.74, 6) is 0.663. The lowest BCUT2D eigenvalue weighted by Gasteiger charge is -2.36. The second kappa shape index (κ2) is 5.96. The summed E-state index contributed by atoms with van der Waals surface area (Å²) in [5, 5.41) is 0. The Hall–Kier alpha value is -0.153. The van der Waals surface area contributed by atoms with Crippen LogP contribution in [0.2, 0.25) is 19.6 Å². The summed E-state index contributed by atoms with van der Waals surface area (Å²) in [6, 6.07) is 0. The van der Waals surface area contributed by atoms with Gasteiger partial charge in [0.2, 0.25) is 0 Å². The van der Waals surface area contributed by atoms with Crippen LogP contribution in [0, 0.1) is 11.8 Å². The van der Waals surface area contributed by atoms with E-state index >= 15 is 0 Å². The molecule has 0 aromatic carbocycles. The molecule has 1 rings (SSSR count). The van der Waals surface area contributed by atoms with Crippen molar-refractivity contribution in [1.82, 2.24) is 0 Å². The molecule has 0 aromatic heterocycles. The molecule has 94 valence electrons. The molecule has 2 atom stereocenters. The molecular formula is C13H26O2Si. The monoisotopic (exact) mass is 242 g/mol. The van der Waals surface area contributed by atoms with Gasteiger partial charge in [0.05, 0.1) is 6.10 Å². The summed E-state index contributed by atoms with van der Waals surface area (Å²) in [6.45, 7) is 8.63. The Morgan fingerprint density at radius 2 is 1.75 bits per heavy atom. The van der Waals surface area contributed by atoms with Crippen molar-refractivity contribution in [2.45, 2.75) is 64.8 Å². The Labute approximate surface area is 101 Å². The van der Waals surface area contributed by atoms with Gasteiger partial charge in [0, 0.05) is 5.92 Å². The summed E-state index contributed by atoms with van der Waals surface area (Å²) in [5.41, 5.74) is 0. The Kier molecular flexibility index (Phi) is 5.19. The molecule has 1 aliphatic rings. The highest BCUT2D eigenvalue weighted by Crippen LogP contribution is 2.32. The van der Waals surface area contributed by atoms with E-state index in [2.05, 4.69) is 19.6 Å². The standard InChI is InChI=1S/C13H26O2Si/c1-11(10-14)13(15-16(2,3)4)12-8-6-5-7-9-12/h10-13H,5-9H2,1-4H3/t11-,13-/m0/s1.